The van der Waals surface area contributed by atoms with Crippen LogP contribution < -0.4 is 0 Å². The molecule has 0 aromatic heterocycles. The zero-order valence-corrected chi connectivity index (χ0v) is 17.7. The Balaban J connectivity index is 1.87. The molecule has 0 radical (unpaired) electrons. The van der Waals surface area contributed by atoms with Crippen molar-refractivity contribution in [2.24, 2.45) is 5.92 Å². The van der Waals surface area contributed by atoms with Crippen molar-refractivity contribution in [3.05, 3.63) is 77.4 Å². The van der Waals surface area contributed by atoms with Gasteiger partial charge in [-0.25, -0.2) is 4.79 Å². The molecule has 30 heavy (non-hydrogen) atoms. The number of ether oxygens (including phenoxy) is 2. The minimum Gasteiger partial charge on any atom is -0.508 e. The molecule has 0 saturated heterocycles. The number of hydrogen-bond acceptors (Lipinski definition) is 5. The van der Waals surface area contributed by atoms with E-state index in [1.807, 2.05) is 19.1 Å². The number of rotatable bonds is 7. The highest BCUT2D eigenvalue weighted by Crippen LogP contribution is 2.49. The van der Waals surface area contributed by atoms with Crippen LogP contribution in [0.15, 0.2) is 60.7 Å². The number of carbonyl (C=O) groups excluding carboxylic acids is 2. The maximum atomic E-state index is 13.0. The zero-order valence-electron chi connectivity index (χ0n) is 17.7. The van der Waals surface area contributed by atoms with Crippen LogP contribution in [0, 0.1) is 5.92 Å². The molecule has 1 aliphatic rings. The molecule has 0 unspecified atom stereocenters. The lowest BCUT2D eigenvalue weighted by atomic mass is 9.73. The second-order valence-electron chi connectivity index (χ2n) is 8.05. The SMILES string of the molecule is C=C(C)[C@@H]1C[C@H](OCc2ccc(C(=O)OC)cc2)[C@](C(C)=O)(c2ccc(O)cc2)C1. The highest BCUT2D eigenvalue weighted by molar-refractivity contribution is 5.90. The largest absolute Gasteiger partial charge is 0.508 e. The summed E-state index contributed by atoms with van der Waals surface area (Å²) >= 11 is 0. The first-order chi connectivity index (χ1) is 14.3. The van der Waals surface area contributed by atoms with Gasteiger partial charge in [0.2, 0.25) is 0 Å². The molecule has 0 aliphatic heterocycles. The van der Waals surface area contributed by atoms with Crippen molar-refractivity contribution in [2.45, 2.75) is 44.8 Å². The summed E-state index contributed by atoms with van der Waals surface area (Å²) in [6.45, 7) is 8.02. The fraction of sp³-hybridized carbons (Fsp3) is 0.360. The Morgan fingerprint density at radius 2 is 1.73 bits per heavy atom. The van der Waals surface area contributed by atoms with Gasteiger partial charge in [0.1, 0.15) is 11.5 Å². The van der Waals surface area contributed by atoms with E-state index in [0.717, 1.165) is 16.7 Å². The van der Waals surface area contributed by atoms with Gasteiger partial charge >= 0.3 is 5.97 Å². The Hall–Kier alpha value is -2.92. The highest BCUT2D eigenvalue weighted by Gasteiger charge is 2.52. The van der Waals surface area contributed by atoms with Gasteiger partial charge in [0.05, 0.1) is 30.8 Å². The summed E-state index contributed by atoms with van der Waals surface area (Å²) in [5.41, 5.74) is 2.48. The molecule has 3 atom stereocenters. The topological polar surface area (TPSA) is 72.8 Å². The monoisotopic (exact) mass is 408 g/mol. The van der Waals surface area contributed by atoms with E-state index in [-0.39, 0.29) is 29.5 Å². The average molecular weight is 408 g/mol. The molecule has 2 aromatic rings. The Morgan fingerprint density at radius 3 is 2.27 bits per heavy atom. The third-order valence-corrected chi connectivity index (χ3v) is 6.15. The number of phenols is 1. The van der Waals surface area contributed by atoms with Gasteiger partial charge in [-0.05, 0) is 68.0 Å². The van der Waals surface area contributed by atoms with Crippen LogP contribution in [0.25, 0.3) is 0 Å². The third kappa shape index (κ3) is 4.17. The van der Waals surface area contributed by atoms with Crippen molar-refractivity contribution in [2.75, 3.05) is 7.11 Å². The van der Waals surface area contributed by atoms with Crippen molar-refractivity contribution in [1.29, 1.82) is 0 Å². The summed E-state index contributed by atoms with van der Waals surface area (Å²) in [4.78, 5) is 24.6. The number of ketones is 1. The Morgan fingerprint density at radius 1 is 1.10 bits per heavy atom. The van der Waals surface area contributed by atoms with Crippen LogP contribution in [0.4, 0.5) is 0 Å². The van der Waals surface area contributed by atoms with Gasteiger partial charge in [0.15, 0.2) is 0 Å². The van der Waals surface area contributed by atoms with Crippen LogP contribution in [0.5, 0.6) is 5.75 Å². The number of aromatic hydroxyl groups is 1. The van der Waals surface area contributed by atoms with Crippen LogP contribution in [-0.2, 0) is 26.3 Å². The molecule has 1 fully saturated rings. The smallest absolute Gasteiger partial charge is 0.337 e. The van der Waals surface area contributed by atoms with Gasteiger partial charge in [-0.15, -0.1) is 0 Å². The van der Waals surface area contributed by atoms with Gasteiger partial charge in [-0.3, -0.25) is 4.79 Å². The summed E-state index contributed by atoms with van der Waals surface area (Å²) in [5.74, 6) is -0.00191. The quantitative estimate of drug-likeness (QED) is 0.536. The number of benzene rings is 2. The molecule has 2 aromatic carbocycles. The number of esters is 1. The van der Waals surface area contributed by atoms with E-state index >= 15 is 0 Å². The molecule has 0 heterocycles. The van der Waals surface area contributed by atoms with Crippen molar-refractivity contribution in [1.82, 2.24) is 0 Å². The number of carbonyl (C=O) groups is 2. The lowest BCUT2D eigenvalue weighted by molar-refractivity contribution is -0.128. The van der Waals surface area contributed by atoms with Crippen molar-refractivity contribution in [3.8, 4) is 5.75 Å². The molecular weight excluding hydrogens is 380 g/mol. The minimum atomic E-state index is -0.788. The summed E-state index contributed by atoms with van der Waals surface area (Å²) < 4.78 is 11.0. The fourth-order valence-electron chi connectivity index (χ4n) is 4.34. The van der Waals surface area contributed by atoms with Gasteiger partial charge in [-0.2, -0.15) is 0 Å². The number of hydrogen-bond donors (Lipinski definition) is 1. The second-order valence-corrected chi connectivity index (χ2v) is 8.05. The molecule has 5 heteroatoms. The van der Waals surface area contributed by atoms with Crippen molar-refractivity contribution in [3.63, 3.8) is 0 Å². The van der Waals surface area contributed by atoms with E-state index in [0.29, 0.717) is 25.0 Å². The van der Waals surface area contributed by atoms with Crippen LogP contribution in [0.2, 0.25) is 0 Å². The van der Waals surface area contributed by atoms with Crippen molar-refractivity contribution < 1.29 is 24.2 Å². The van der Waals surface area contributed by atoms with Crippen molar-refractivity contribution >= 4 is 11.8 Å². The van der Waals surface area contributed by atoms with Gasteiger partial charge in [-0.1, -0.05) is 36.4 Å². The minimum absolute atomic E-state index is 0.0444. The Labute approximate surface area is 177 Å². The maximum absolute atomic E-state index is 13.0. The number of methoxy groups -OCH3 is 1. The second kappa shape index (κ2) is 8.84. The number of Topliss-reactive ketones (excluding diaryl/α,β-unsaturated/α-hetero) is 1. The number of phenolic OH excluding ortho intramolecular Hbond substituents is 1. The third-order valence-electron chi connectivity index (χ3n) is 6.15. The van der Waals surface area contributed by atoms with Crippen LogP contribution in [-0.4, -0.2) is 30.1 Å². The summed E-state index contributed by atoms with van der Waals surface area (Å²) in [5, 5.41) is 9.70. The molecule has 1 N–H and O–H groups in total. The Bertz CT molecular complexity index is 929. The predicted octanol–water partition coefficient (Wildman–Crippen LogP) is 4.58. The lowest BCUT2D eigenvalue weighted by Gasteiger charge is -2.34. The molecule has 0 amide bonds. The molecule has 1 aliphatic carbocycles. The van der Waals surface area contributed by atoms with Crippen LogP contribution >= 0.6 is 0 Å². The van der Waals surface area contributed by atoms with E-state index in [1.165, 1.54) is 7.11 Å². The normalized spacial score (nSPS) is 23.2. The van der Waals surface area contributed by atoms with E-state index < -0.39 is 5.41 Å². The van der Waals surface area contributed by atoms with Crippen LogP contribution in [0.1, 0.15) is 48.2 Å². The maximum Gasteiger partial charge on any atom is 0.337 e. The predicted molar refractivity (Wildman–Crippen MR) is 114 cm³/mol. The van der Waals surface area contributed by atoms with Crippen LogP contribution in [0.3, 0.4) is 0 Å². The van der Waals surface area contributed by atoms with Gasteiger partial charge in [0, 0.05) is 0 Å². The molecule has 5 nitrogen and oxygen atoms in total. The summed E-state index contributed by atoms with van der Waals surface area (Å²) in [6.07, 6.45) is 1.02. The Kier molecular flexibility index (Phi) is 6.42. The fourth-order valence-corrected chi connectivity index (χ4v) is 4.34. The first-order valence-electron chi connectivity index (χ1n) is 10.0. The summed E-state index contributed by atoms with van der Waals surface area (Å²) in [7, 11) is 1.35. The van der Waals surface area contributed by atoms with E-state index in [2.05, 4.69) is 6.58 Å². The molecular formula is C25H28O5. The van der Waals surface area contributed by atoms with Gasteiger partial charge in [0.25, 0.3) is 0 Å². The van der Waals surface area contributed by atoms with Gasteiger partial charge < -0.3 is 14.6 Å². The molecule has 1 saturated carbocycles. The molecule has 3 rings (SSSR count). The molecule has 0 bridgehead atoms. The van der Waals surface area contributed by atoms with E-state index in [1.54, 1.807) is 43.3 Å². The van der Waals surface area contributed by atoms with E-state index in [9.17, 15) is 14.7 Å². The molecule has 0 spiro atoms. The first-order valence-corrected chi connectivity index (χ1v) is 10.0. The lowest BCUT2D eigenvalue weighted by Crippen LogP contribution is -2.43. The number of allylic oxidation sites excluding steroid dienone is 1. The summed E-state index contributed by atoms with van der Waals surface area (Å²) in [6, 6.07) is 13.9. The first kappa shape index (κ1) is 21.8. The standard InChI is InChI=1S/C25H28O5/c1-16(2)20-13-23(30-15-18-5-7-19(8-6-18)24(28)29-4)25(14-20,17(3)26)21-9-11-22(27)12-10-21/h5-12,20,23,27H,1,13-15H2,2-4H3/t20-,23+,25-/m1/s1. The van der Waals surface area contributed by atoms with E-state index in [4.69, 9.17) is 9.47 Å². The zero-order chi connectivity index (χ0) is 21.9. The average Bonchev–Trinajstić information content (AvgIpc) is 3.14. The highest BCUT2D eigenvalue weighted by atomic mass is 16.5. The molecule has 158 valence electrons.